The summed E-state index contributed by atoms with van der Waals surface area (Å²) in [7, 11) is 0. The van der Waals surface area contributed by atoms with Gasteiger partial charge in [-0.15, -0.1) is 0 Å². The standard InChI is InChI=1S/C17H27N3O/c1-4-8-18-16-10-14(9-15(20-16)12(2)3)17(21)19-11-13-6-5-7-13/h9-10,12-13H,4-8,11H2,1-3H3,(H,18,20)(H,19,21). The van der Waals surface area contributed by atoms with Gasteiger partial charge in [-0.2, -0.15) is 0 Å². The molecule has 0 unspecified atom stereocenters. The lowest BCUT2D eigenvalue weighted by Crippen LogP contribution is -2.32. The van der Waals surface area contributed by atoms with Gasteiger partial charge in [0.1, 0.15) is 5.82 Å². The second-order valence-corrected chi connectivity index (χ2v) is 6.25. The Balaban J connectivity index is 2.07. The summed E-state index contributed by atoms with van der Waals surface area (Å²) < 4.78 is 0. The summed E-state index contributed by atoms with van der Waals surface area (Å²) in [5.74, 6) is 1.81. The summed E-state index contributed by atoms with van der Waals surface area (Å²) in [5, 5.41) is 6.34. The number of pyridine rings is 1. The molecule has 0 aromatic carbocycles. The molecule has 2 rings (SSSR count). The third kappa shape index (κ3) is 4.45. The van der Waals surface area contributed by atoms with Gasteiger partial charge in [-0.25, -0.2) is 4.98 Å². The molecule has 1 aromatic rings. The van der Waals surface area contributed by atoms with Crippen LogP contribution in [0.2, 0.25) is 0 Å². The highest BCUT2D eigenvalue weighted by molar-refractivity contribution is 5.95. The second-order valence-electron chi connectivity index (χ2n) is 6.25. The molecule has 0 spiro atoms. The molecule has 4 nitrogen and oxygen atoms in total. The normalized spacial score (nSPS) is 14.9. The van der Waals surface area contributed by atoms with E-state index in [1.807, 2.05) is 12.1 Å². The van der Waals surface area contributed by atoms with E-state index in [1.54, 1.807) is 0 Å². The number of rotatable bonds is 7. The summed E-state index contributed by atoms with van der Waals surface area (Å²) in [4.78, 5) is 16.9. The van der Waals surface area contributed by atoms with Crippen LogP contribution >= 0.6 is 0 Å². The van der Waals surface area contributed by atoms with E-state index in [2.05, 4.69) is 36.4 Å². The van der Waals surface area contributed by atoms with Crippen LogP contribution in [0.3, 0.4) is 0 Å². The van der Waals surface area contributed by atoms with E-state index in [9.17, 15) is 4.79 Å². The maximum atomic E-state index is 12.3. The molecule has 0 atom stereocenters. The van der Waals surface area contributed by atoms with Crippen LogP contribution in [0, 0.1) is 5.92 Å². The zero-order valence-electron chi connectivity index (χ0n) is 13.4. The van der Waals surface area contributed by atoms with Crippen LogP contribution in [0.4, 0.5) is 5.82 Å². The molecule has 21 heavy (non-hydrogen) atoms. The van der Waals surface area contributed by atoms with Gasteiger partial charge in [-0.05, 0) is 43.2 Å². The molecule has 116 valence electrons. The number of nitrogens with zero attached hydrogens (tertiary/aromatic N) is 1. The van der Waals surface area contributed by atoms with Crippen molar-refractivity contribution in [2.24, 2.45) is 5.92 Å². The molecule has 1 aliphatic rings. The predicted octanol–water partition coefficient (Wildman–Crippen LogP) is 3.56. The lowest BCUT2D eigenvalue weighted by atomic mass is 9.85. The predicted molar refractivity (Wildman–Crippen MR) is 86.8 cm³/mol. The molecule has 2 N–H and O–H groups in total. The number of hydrogen-bond acceptors (Lipinski definition) is 3. The van der Waals surface area contributed by atoms with Crippen LogP contribution in [-0.4, -0.2) is 24.0 Å². The Bertz CT molecular complexity index is 481. The van der Waals surface area contributed by atoms with Crippen molar-refractivity contribution in [1.29, 1.82) is 0 Å². The lowest BCUT2D eigenvalue weighted by Gasteiger charge is -2.25. The second kappa shape index (κ2) is 7.43. The fourth-order valence-corrected chi connectivity index (χ4v) is 2.36. The molecule has 1 amide bonds. The van der Waals surface area contributed by atoms with E-state index >= 15 is 0 Å². The lowest BCUT2D eigenvalue weighted by molar-refractivity contribution is 0.0939. The van der Waals surface area contributed by atoms with E-state index in [0.29, 0.717) is 17.4 Å². The molecular formula is C17H27N3O. The topological polar surface area (TPSA) is 54.0 Å². The zero-order valence-corrected chi connectivity index (χ0v) is 13.4. The van der Waals surface area contributed by atoms with Crippen LogP contribution in [0.1, 0.15) is 68.4 Å². The van der Waals surface area contributed by atoms with Gasteiger partial charge < -0.3 is 10.6 Å². The first kappa shape index (κ1) is 15.8. The maximum Gasteiger partial charge on any atom is 0.251 e. The van der Waals surface area contributed by atoms with Crippen molar-refractivity contribution in [1.82, 2.24) is 10.3 Å². The van der Waals surface area contributed by atoms with Crippen LogP contribution in [-0.2, 0) is 0 Å². The smallest absolute Gasteiger partial charge is 0.251 e. The number of amides is 1. The fourth-order valence-electron chi connectivity index (χ4n) is 2.36. The summed E-state index contributed by atoms with van der Waals surface area (Å²) in [6.45, 7) is 7.99. The molecule has 0 radical (unpaired) electrons. The molecule has 1 saturated carbocycles. The van der Waals surface area contributed by atoms with Crippen LogP contribution in [0.15, 0.2) is 12.1 Å². The van der Waals surface area contributed by atoms with Gasteiger partial charge >= 0.3 is 0 Å². The number of carbonyl (C=O) groups is 1. The third-order valence-electron chi connectivity index (χ3n) is 4.03. The average molecular weight is 289 g/mol. The van der Waals surface area contributed by atoms with Gasteiger partial charge in [0.25, 0.3) is 5.91 Å². The summed E-state index contributed by atoms with van der Waals surface area (Å²) in [6, 6.07) is 3.77. The van der Waals surface area contributed by atoms with Crippen LogP contribution < -0.4 is 10.6 Å². The number of carbonyl (C=O) groups excluding carboxylic acids is 1. The molecule has 0 aliphatic heterocycles. The van der Waals surface area contributed by atoms with E-state index in [-0.39, 0.29) is 5.91 Å². The molecule has 1 fully saturated rings. The first-order valence-electron chi connectivity index (χ1n) is 8.14. The summed E-state index contributed by atoms with van der Waals surface area (Å²) >= 11 is 0. The zero-order chi connectivity index (χ0) is 15.2. The van der Waals surface area contributed by atoms with Crippen molar-refractivity contribution in [3.05, 3.63) is 23.4 Å². The van der Waals surface area contributed by atoms with Gasteiger partial charge in [0, 0.05) is 24.3 Å². The average Bonchev–Trinajstić information content (AvgIpc) is 2.42. The summed E-state index contributed by atoms with van der Waals surface area (Å²) in [6.07, 6.45) is 4.84. The van der Waals surface area contributed by atoms with E-state index in [0.717, 1.165) is 31.0 Å². The highest BCUT2D eigenvalue weighted by Gasteiger charge is 2.19. The Labute approximate surface area is 127 Å². The van der Waals surface area contributed by atoms with Crippen molar-refractivity contribution in [3.63, 3.8) is 0 Å². The first-order valence-corrected chi connectivity index (χ1v) is 8.14. The van der Waals surface area contributed by atoms with Gasteiger partial charge in [-0.1, -0.05) is 27.2 Å². The van der Waals surface area contributed by atoms with Gasteiger partial charge in [0.15, 0.2) is 0 Å². The molecule has 0 saturated heterocycles. The van der Waals surface area contributed by atoms with Crippen molar-refractivity contribution < 1.29 is 4.79 Å². The van der Waals surface area contributed by atoms with Gasteiger partial charge in [-0.3, -0.25) is 4.79 Å². The van der Waals surface area contributed by atoms with E-state index in [4.69, 9.17) is 0 Å². The van der Waals surface area contributed by atoms with Crippen LogP contribution in [0.5, 0.6) is 0 Å². The van der Waals surface area contributed by atoms with Crippen molar-refractivity contribution in [3.8, 4) is 0 Å². The minimum atomic E-state index is 0.0192. The Morgan fingerprint density at radius 2 is 2.14 bits per heavy atom. The monoisotopic (exact) mass is 289 g/mol. The number of anilines is 1. The highest BCUT2D eigenvalue weighted by atomic mass is 16.1. The van der Waals surface area contributed by atoms with Crippen LogP contribution in [0.25, 0.3) is 0 Å². The summed E-state index contributed by atoms with van der Waals surface area (Å²) in [5.41, 5.74) is 1.68. The van der Waals surface area contributed by atoms with E-state index in [1.165, 1.54) is 19.3 Å². The van der Waals surface area contributed by atoms with Gasteiger partial charge in [0.05, 0.1) is 0 Å². The molecule has 4 heteroatoms. The molecule has 1 aliphatic carbocycles. The van der Waals surface area contributed by atoms with Crippen molar-refractivity contribution >= 4 is 11.7 Å². The van der Waals surface area contributed by atoms with Crippen molar-refractivity contribution in [2.45, 2.75) is 52.4 Å². The Hall–Kier alpha value is -1.58. The highest BCUT2D eigenvalue weighted by Crippen LogP contribution is 2.25. The SMILES string of the molecule is CCCNc1cc(C(=O)NCC2CCC2)cc(C(C)C)n1. The maximum absolute atomic E-state index is 12.3. The first-order chi connectivity index (χ1) is 10.1. The number of aromatic nitrogens is 1. The number of hydrogen-bond donors (Lipinski definition) is 2. The van der Waals surface area contributed by atoms with Crippen molar-refractivity contribution in [2.75, 3.05) is 18.4 Å². The molecular weight excluding hydrogens is 262 g/mol. The molecule has 0 bridgehead atoms. The Kier molecular flexibility index (Phi) is 5.59. The van der Waals surface area contributed by atoms with E-state index < -0.39 is 0 Å². The Morgan fingerprint density at radius 1 is 1.38 bits per heavy atom. The quantitative estimate of drug-likeness (QED) is 0.807. The molecule has 1 heterocycles. The minimum Gasteiger partial charge on any atom is -0.370 e. The number of nitrogens with one attached hydrogen (secondary N) is 2. The van der Waals surface area contributed by atoms with Gasteiger partial charge in [0.2, 0.25) is 0 Å². The fraction of sp³-hybridized carbons (Fsp3) is 0.647. The largest absolute Gasteiger partial charge is 0.370 e. The minimum absolute atomic E-state index is 0.0192. The Morgan fingerprint density at radius 3 is 2.71 bits per heavy atom. The third-order valence-corrected chi connectivity index (χ3v) is 4.03. The molecule has 1 aromatic heterocycles.